The molecular weight excluding hydrogens is 260 g/mol. The van der Waals surface area contributed by atoms with Crippen LogP contribution in [0.2, 0.25) is 0 Å². The highest BCUT2D eigenvalue weighted by molar-refractivity contribution is 6.04. The molecule has 0 bridgehead atoms. The number of nitrogens with zero attached hydrogens (tertiary/aromatic N) is 1. The molecule has 2 rings (SSSR count). The molecule has 1 heterocycles. The van der Waals surface area contributed by atoms with Crippen molar-refractivity contribution in [3.63, 3.8) is 0 Å². The van der Waals surface area contributed by atoms with E-state index in [-0.39, 0.29) is 18.3 Å². The third kappa shape index (κ3) is 3.55. The molecule has 1 N–H and O–H groups in total. The Bertz CT molecular complexity index is 559. The van der Waals surface area contributed by atoms with Gasteiger partial charge < -0.3 is 5.32 Å². The maximum absolute atomic E-state index is 12.1. The van der Waals surface area contributed by atoms with Gasteiger partial charge in [0, 0.05) is 23.6 Å². The minimum absolute atomic E-state index is 0. The Morgan fingerprint density at radius 3 is 2.11 bits per heavy atom. The standard InChI is InChI=1S/C15H16N2O.ClH/c1-10-8-11(2)14(12(3)9-10)17-15(18)13-4-6-16-7-5-13;/h4-9H,1-3H3,(H,17,18);1H. The Morgan fingerprint density at radius 2 is 1.58 bits per heavy atom. The molecule has 0 saturated carbocycles. The third-order valence-corrected chi connectivity index (χ3v) is 2.86. The van der Waals surface area contributed by atoms with Crippen molar-refractivity contribution in [2.24, 2.45) is 0 Å². The summed E-state index contributed by atoms with van der Waals surface area (Å²) in [7, 11) is 0. The molecule has 19 heavy (non-hydrogen) atoms. The van der Waals surface area contributed by atoms with E-state index in [1.165, 1.54) is 5.56 Å². The molecule has 4 heteroatoms. The van der Waals surface area contributed by atoms with Crippen molar-refractivity contribution in [2.45, 2.75) is 20.8 Å². The van der Waals surface area contributed by atoms with Gasteiger partial charge in [-0.2, -0.15) is 0 Å². The summed E-state index contributed by atoms with van der Waals surface area (Å²) in [6, 6.07) is 7.53. The second kappa shape index (κ2) is 6.34. The first-order valence-corrected chi connectivity index (χ1v) is 5.87. The van der Waals surface area contributed by atoms with E-state index < -0.39 is 0 Å². The van der Waals surface area contributed by atoms with Crippen molar-refractivity contribution in [1.29, 1.82) is 0 Å². The molecule has 0 aliphatic rings. The van der Waals surface area contributed by atoms with Crippen molar-refractivity contribution in [3.05, 3.63) is 58.9 Å². The molecule has 0 radical (unpaired) electrons. The van der Waals surface area contributed by atoms with Gasteiger partial charge in [0.2, 0.25) is 0 Å². The Kier molecular flexibility index (Phi) is 5.07. The Hall–Kier alpha value is -1.87. The number of pyridine rings is 1. The molecule has 100 valence electrons. The number of benzene rings is 1. The number of anilines is 1. The van der Waals surface area contributed by atoms with Crippen LogP contribution in [0.5, 0.6) is 0 Å². The van der Waals surface area contributed by atoms with Crippen LogP contribution in [0.4, 0.5) is 5.69 Å². The number of aryl methyl sites for hydroxylation is 3. The first-order valence-electron chi connectivity index (χ1n) is 5.87. The Labute approximate surface area is 119 Å². The van der Waals surface area contributed by atoms with Crippen molar-refractivity contribution in [3.8, 4) is 0 Å². The number of carbonyl (C=O) groups excluding carboxylic acids is 1. The number of amides is 1. The summed E-state index contributed by atoms with van der Waals surface area (Å²) in [5, 5.41) is 2.96. The van der Waals surface area contributed by atoms with Gasteiger partial charge in [0.25, 0.3) is 5.91 Å². The highest BCUT2D eigenvalue weighted by Gasteiger charge is 2.09. The predicted octanol–water partition coefficient (Wildman–Crippen LogP) is 3.68. The molecular formula is C15H17ClN2O. The maximum atomic E-state index is 12.1. The van der Waals surface area contributed by atoms with Crippen LogP contribution in [0.1, 0.15) is 27.0 Å². The van der Waals surface area contributed by atoms with Crippen molar-refractivity contribution in [2.75, 3.05) is 5.32 Å². The number of rotatable bonds is 2. The molecule has 2 aromatic rings. The minimum Gasteiger partial charge on any atom is -0.322 e. The lowest BCUT2D eigenvalue weighted by atomic mass is 10.0. The largest absolute Gasteiger partial charge is 0.322 e. The first-order chi connectivity index (χ1) is 8.58. The molecule has 1 aromatic heterocycles. The smallest absolute Gasteiger partial charge is 0.255 e. The summed E-state index contributed by atoms with van der Waals surface area (Å²) in [6.07, 6.45) is 3.23. The highest BCUT2D eigenvalue weighted by atomic mass is 35.5. The topological polar surface area (TPSA) is 42.0 Å². The van der Waals surface area contributed by atoms with E-state index in [2.05, 4.69) is 29.4 Å². The number of hydrogen-bond acceptors (Lipinski definition) is 2. The monoisotopic (exact) mass is 276 g/mol. The fourth-order valence-electron chi connectivity index (χ4n) is 2.07. The number of hydrogen-bond donors (Lipinski definition) is 1. The molecule has 0 aliphatic carbocycles. The lowest BCUT2D eigenvalue weighted by molar-refractivity contribution is 0.102. The van der Waals surface area contributed by atoms with Crippen molar-refractivity contribution < 1.29 is 4.79 Å². The van der Waals surface area contributed by atoms with Crippen LogP contribution in [0.25, 0.3) is 0 Å². The summed E-state index contributed by atoms with van der Waals surface area (Å²) >= 11 is 0. The van der Waals surface area contributed by atoms with Gasteiger partial charge in [-0.25, -0.2) is 0 Å². The average molecular weight is 277 g/mol. The summed E-state index contributed by atoms with van der Waals surface area (Å²) in [6.45, 7) is 6.05. The summed E-state index contributed by atoms with van der Waals surface area (Å²) in [5.41, 5.74) is 4.86. The summed E-state index contributed by atoms with van der Waals surface area (Å²) in [4.78, 5) is 16.0. The molecule has 0 unspecified atom stereocenters. The molecule has 1 aromatic carbocycles. The van der Waals surface area contributed by atoms with Crippen LogP contribution < -0.4 is 5.32 Å². The predicted molar refractivity (Wildman–Crippen MR) is 80.1 cm³/mol. The molecule has 0 aliphatic heterocycles. The number of aromatic nitrogens is 1. The van der Waals surface area contributed by atoms with E-state index in [0.29, 0.717) is 5.56 Å². The molecule has 0 saturated heterocycles. The van der Waals surface area contributed by atoms with Crippen LogP contribution in [-0.2, 0) is 0 Å². The quantitative estimate of drug-likeness (QED) is 0.909. The van der Waals surface area contributed by atoms with Gasteiger partial charge in [-0.15, -0.1) is 12.4 Å². The fourth-order valence-corrected chi connectivity index (χ4v) is 2.07. The highest BCUT2D eigenvalue weighted by Crippen LogP contribution is 2.22. The SMILES string of the molecule is Cc1cc(C)c(NC(=O)c2ccncc2)c(C)c1.Cl. The Morgan fingerprint density at radius 1 is 1.05 bits per heavy atom. The third-order valence-electron chi connectivity index (χ3n) is 2.86. The van der Waals surface area contributed by atoms with Crippen molar-refractivity contribution in [1.82, 2.24) is 4.98 Å². The van der Waals surface area contributed by atoms with Crippen molar-refractivity contribution >= 4 is 24.0 Å². The molecule has 0 atom stereocenters. The van der Waals surface area contributed by atoms with Gasteiger partial charge in [-0.05, 0) is 44.0 Å². The van der Waals surface area contributed by atoms with Crippen LogP contribution in [0, 0.1) is 20.8 Å². The zero-order valence-electron chi connectivity index (χ0n) is 11.2. The second-order valence-corrected chi connectivity index (χ2v) is 4.46. The first kappa shape index (κ1) is 15.2. The zero-order chi connectivity index (χ0) is 13.1. The van der Waals surface area contributed by atoms with E-state index in [4.69, 9.17) is 0 Å². The summed E-state index contributed by atoms with van der Waals surface area (Å²) < 4.78 is 0. The fraction of sp³-hybridized carbons (Fsp3) is 0.200. The number of halogens is 1. The summed E-state index contributed by atoms with van der Waals surface area (Å²) in [5.74, 6) is -0.104. The van der Waals surface area contributed by atoms with E-state index in [9.17, 15) is 4.79 Å². The van der Waals surface area contributed by atoms with E-state index >= 15 is 0 Å². The number of nitrogens with one attached hydrogen (secondary N) is 1. The van der Waals surface area contributed by atoms with Crippen LogP contribution >= 0.6 is 12.4 Å². The molecule has 0 spiro atoms. The number of carbonyl (C=O) groups is 1. The van der Waals surface area contributed by atoms with Gasteiger partial charge in [0.15, 0.2) is 0 Å². The van der Waals surface area contributed by atoms with E-state index in [1.54, 1.807) is 24.5 Å². The van der Waals surface area contributed by atoms with E-state index in [0.717, 1.165) is 16.8 Å². The van der Waals surface area contributed by atoms with Crippen LogP contribution in [0.15, 0.2) is 36.7 Å². The van der Waals surface area contributed by atoms with Gasteiger partial charge in [0.1, 0.15) is 0 Å². The average Bonchev–Trinajstić information content (AvgIpc) is 2.34. The zero-order valence-corrected chi connectivity index (χ0v) is 12.0. The van der Waals surface area contributed by atoms with Gasteiger partial charge >= 0.3 is 0 Å². The lowest BCUT2D eigenvalue weighted by Crippen LogP contribution is -2.13. The Balaban J connectivity index is 0.00000180. The minimum atomic E-state index is -0.104. The molecule has 1 amide bonds. The molecule has 0 fully saturated rings. The van der Waals surface area contributed by atoms with Gasteiger partial charge in [0.05, 0.1) is 0 Å². The van der Waals surface area contributed by atoms with Gasteiger partial charge in [-0.1, -0.05) is 17.7 Å². The second-order valence-electron chi connectivity index (χ2n) is 4.46. The van der Waals surface area contributed by atoms with Gasteiger partial charge in [-0.3, -0.25) is 9.78 Å². The lowest BCUT2D eigenvalue weighted by Gasteiger charge is -2.12. The maximum Gasteiger partial charge on any atom is 0.255 e. The normalized spacial score (nSPS) is 9.63. The van der Waals surface area contributed by atoms with Crippen LogP contribution in [-0.4, -0.2) is 10.9 Å². The van der Waals surface area contributed by atoms with Crippen LogP contribution in [0.3, 0.4) is 0 Å². The van der Waals surface area contributed by atoms with E-state index in [1.807, 2.05) is 13.8 Å². The molecule has 3 nitrogen and oxygen atoms in total.